The summed E-state index contributed by atoms with van der Waals surface area (Å²) in [5, 5.41) is 8.31. The summed E-state index contributed by atoms with van der Waals surface area (Å²) in [6, 6.07) is 5.36. The highest BCUT2D eigenvalue weighted by atomic mass is 32.2. The minimum atomic E-state index is -4.03. The van der Waals surface area contributed by atoms with Crippen molar-refractivity contribution in [3.63, 3.8) is 0 Å². The summed E-state index contributed by atoms with van der Waals surface area (Å²) in [5.74, 6) is -1.92. The average molecular weight is 285 g/mol. The number of aliphatic carboxylic acids is 1. The van der Waals surface area contributed by atoms with Gasteiger partial charge in [-0.2, -0.15) is 0 Å². The molecule has 0 aliphatic carbocycles. The van der Waals surface area contributed by atoms with Crippen LogP contribution in [-0.2, 0) is 19.6 Å². The third-order valence-corrected chi connectivity index (χ3v) is 3.34. The van der Waals surface area contributed by atoms with Gasteiger partial charge in [0.1, 0.15) is 5.75 Å². The maximum atomic E-state index is 11.7. The molecule has 1 aromatic carbocycles. The molecule has 0 radical (unpaired) electrons. The number of ether oxygens (including phenoxy) is 1. The number of nitrogens with one attached hydrogen (secondary N) is 1. The fourth-order valence-electron chi connectivity index (χ4n) is 1.13. The monoisotopic (exact) mass is 285 g/mol. The van der Waals surface area contributed by atoms with Crippen LogP contribution in [0.1, 0.15) is 0 Å². The summed E-state index contributed by atoms with van der Waals surface area (Å²) in [6.07, 6.45) is 1.16. The first-order valence-electron chi connectivity index (χ1n) is 4.97. The summed E-state index contributed by atoms with van der Waals surface area (Å²) in [4.78, 5) is 21.2. The number of carboxylic acids is 1. The minimum absolute atomic E-state index is 0.134. The van der Waals surface area contributed by atoms with E-state index in [1.54, 1.807) is 4.72 Å². The van der Waals surface area contributed by atoms with Gasteiger partial charge in [-0.05, 0) is 24.3 Å². The fourth-order valence-corrected chi connectivity index (χ4v) is 2.07. The standard InChI is InChI=1S/C11H11NO6S/c1-18-8-2-4-9(5-3-8)19(16,17)12-10(13)6-7-11(14)15/h2-7H,1H3,(H,12,13)(H,14,15)/b7-6-. The summed E-state index contributed by atoms with van der Waals surface area (Å²) < 4.78 is 30.0. The molecule has 102 valence electrons. The molecule has 0 heterocycles. The number of carbonyl (C=O) groups is 2. The van der Waals surface area contributed by atoms with E-state index in [0.29, 0.717) is 17.9 Å². The van der Waals surface area contributed by atoms with E-state index >= 15 is 0 Å². The van der Waals surface area contributed by atoms with Crippen LogP contribution in [0.25, 0.3) is 0 Å². The number of methoxy groups -OCH3 is 1. The van der Waals surface area contributed by atoms with Gasteiger partial charge in [0.2, 0.25) is 0 Å². The Labute approximate surface area is 109 Å². The van der Waals surface area contributed by atoms with Crippen LogP contribution in [0.5, 0.6) is 5.75 Å². The number of hydrogen-bond acceptors (Lipinski definition) is 5. The van der Waals surface area contributed by atoms with Gasteiger partial charge in [0.25, 0.3) is 15.9 Å². The lowest BCUT2D eigenvalue weighted by Gasteiger charge is -2.05. The van der Waals surface area contributed by atoms with E-state index in [4.69, 9.17) is 9.84 Å². The molecule has 1 aromatic rings. The van der Waals surface area contributed by atoms with Crippen molar-refractivity contribution < 1.29 is 27.9 Å². The number of benzene rings is 1. The fraction of sp³-hybridized carbons (Fsp3) is 0.0909. The van der Waals surface area contributed by atoms with Crippen molar-refractivity contribution in [1.82, 2.24) is 4.72 Å². The van der Waals surface area contributed by atoms with Crippen LogP contribution in [0.15, 0.2) is 41.3 Å². The van der Waals surface area contributed by atoms with E-state index in [0.717, 1.165) is 0 Å². The van der Waals surface area contributed by atoms with Gasteiger partial charge < -0.3 is 9.84 Å². The number of amides is 1. The van der Waals surface area contributed by atoms with E-state index < -0.39 is 21.9 Å². The number of sulfonamides is 1. The SMILES string of the molecule is COc1ccc(S(=O)(=O)NC(=O)/C=C\C(=O)O)cc1. The highest BCUT2D eigenvalue weighted by molar-refractivity contribution is 7.90. The third-order valence-electron chi connectivity index (χ3n) is 1.98. The van der Waals surface area contributed by atoms with Crippen LogP contribution in [-0.4, -0.2) is 32.5 Å². The molecule has 0 fully saturated rings. The van der Waals surface area contributed by atoms with Gasteiger partial charge >= 0.3 is 5.97 Å². The molecule has 1 amide bonds. The predicted octanol–water partition coefficient (Wildman–Crippen LogP) is 0.141. The molecule has 0 aliphatic rings. The Bertz CT molecular complexity index is 603. The zero-order valence-electron chi connectivity index (χ0n) is 9.86. The Kier molecular flexibility index (Phi) is 4.65. The highest BCUT2D eigenvalue weighted by Crippen LogP contribution is 2.15. The van der Waals surface area contributed by atoms with Gasteiger partial charge in [-0.1, -0.05) is 0 Å². The first-order valence-corrected chi connectivity index (χ1v) is 6.45. The Morgan fingerprint density at radius 1 is 1.21 bits per heavy atom. The molecule has 0 atom stereocenters. The van der Waals surface area contributed by atoms with Crippen molar-refractivity contribution in [1.29, 1.82) is 0 Å². The molecule has 19 heavy (non-hydrogen) atoms. The van der Waals surface area contributed by atoms with E-state index in [-0.39, 0.29) is 4.90 Å². The van der Waals surface area contributed by atoms with Crippen LogP contribution < -0.4 is 9.46 Å². The first kappa shape index (κ1) is 14.7. The zero-order chi connectivity index (χ0) is 14.5. The third kappa shape index (κ3) is 4.43. The molecule has 2 N–H and O–H groups in total. The lowest BCUT2D eigenvalue weighted by Crippen LogP contribution is -2.29. The largest absolute Gasteiger partial charge is 0.497 e. The van der Waals surface area contributed by atoms with Gasteiger partial charge in [-0.25, -0.2) is 17.9 Å². The first-order chi connectivity index (χ1) is 8.85. The topological polar surface area (TPSA) is 110 Å². The van der Waals surface area contributed by atoms with E-state index in [2.05, 4.69) is 0 Å². The second-order valence-corrected chi connectivity index (χ2v) is 5.00. The van der Waals surface area contributed by atoms with Crippen molar-refractivity contribution in [2.75, 3.05) is 7.11 Å². The normalized spacial score (nSPS) is 11.2. The Balaban J connectivity index is 2.86. The lowest BCUT2D eigenvalue weighted by molar-refractivity contribution is -0.131. The molecule has 0 aliphatic heterocycles. The van der Waals surface area contributed by atoms with Gasteiger partial charge in [-0.3, -0.25) is 4.79 Å². The molecular formula is C11H11NO6S. The molecule has 8 heteroatoms. The molecule has 0 spiro atoms. The van der Waals surface area contributed by atoms with Crippen LogP contribution in [0, 0.1) is 0 Å². The van der Waals surface area contributed by atoms with Gasteiger partial charge in [0.05, 0.1) is 12.0 Å². The Hall–Kier alpha value is -2.35. The molecule has 0 aromatic heterocycles. The summed E-state index contributed by atoms with van der Waals surface area (Å²) in [6.45, 7) is 0. The molecule has 1 rings (SSSR count). The number of carbonyl (C=O) groups excluding carboxylic acids is 1. The zero-order valence-corrected chi connectivity index (χ0v) is 10.7. The molecule has 0 saturated heterocycles. The second-order valence-electron chi connectivity index (χ2n) is 3.32. The smallest absolute Gasteiger partial charge is 0.328 e. The molecule has 0 bridgehead atoms. The number of rotatable bonds is 5. The van der Waals surface area contributed by atoms with Crippen LogP contribution in [0.4, 0.5) is 0 Å². The van der Waals surface area contributed by atoms with Crippen LogP contribution >= 0.6 is 0 Å². The second kappa shape index (κ2) is 6.01. The van der Waals surface area contributed by atoms with Crippen LogP contribution in [0.2, 0.25) is 0 Å². The molecular weight excluding hydrogens is 274 g/mol. The van der Waals surface area contributed by atoms with Gasteiger partial charge in [0.15, 0.2) is 0 Å². The van der Waals surface area contributed by atoms with Crippen molar-refractivity contribution >= 4 is 21.9 Å². The summed E-state index contributed by atoms with van der Waals surface area (Å²) in [5.41, 5.74) is 0. The summed E-state index contributed by atoms with van der Waals surface area (Å²) >= 11 is 0. The highest BCUT2D eigenvalue weighted by Gasteiger charge is 2.16. The predicted molar refractivity (Wildman–Crippen MR) is 65.1 cm³/mol. The Morgan fingerprint density at radius 3 is 2.26 bits per heavy atom. The van der Waals surface area contributed by atoms with Crippen molar-refractivity contribution in [3.05, 3.63) is 36.4 Å². The minimum Gasteiger partial charge on any atom is -0.497 e. The molecule has 0 unspecified atom stereocenters. The van der Waals surface area contributed by atoms with Gasteiger partial charge in [0, 0.05) is 12.2 Å². The molecule has 0 saturated carbocycles. The maximum Gasteiger partial charge on any atom is 0.328 e. The van der Waals surface area contributed by atoms with E-state index in [1.807, 2.05) is 0 Å². The Morgan fingerprint density at radius 2 is 1.79 bits per heavy atom. The van der Waals surface area contributed by atoms with Crippen molar-refractivity contribution in [2.45, 2.75) is 4.90 Å². The lowest BCUT2D eigenvalue weighted by atomic mass is 10.3. The van der Waals surface area contributed by atoms with Gasteiger partial charge in [-0.15, -0.1) is 0 Å². The van der Waals surface area contributed by atoms with E-state index in [1.165, 1.54) is 31.4 Å². The number of hydrogen-bond donors (Lipinski definition) is 2. The quantitative estimate of drug-likeness (QED) is 0.745. The van der Waals surface area contributed by atoms with Crippen LogP contribution in [0.3, 0.4) is 0 Å². The number of carboxylic acid groups (broad SMARTS) is 1. The summed E-state index contributed by atoms with van der Waals surface area (Å²) in [7, 11) is -2.60. The van der Waals surface area contributed by atoms with Crippen molar-refractivity contribution in [2.24, 2.45) is 0 Å². The average Bonchev–Trinajstić information content (AvgIpc) is 2.36. The maximum absolute atomic E-state index is 11.7. The van der Waals surface area contributed by atoms with Crippen molar-refractivity contribution in [3.8, 4) is 5.75 Å². The van der Waals surface area contributed by atoms with E-state index in [9.17, 15) is 18.0 Å². The molecule has 7 nitrogen and oxygen atoms in total.